The number of ether oxygens (including phenoxy) is 1. The first-order valence-electron chi connectivity index (χ1n) is 11.3. The van der Waals surface area contributed by atoms with Crippen LogP contribution in [0.25, 0.3) is 16.0 Å². The fourth-order valence-electron chi connectivity index (χ4n) is 3.71. The van der Waals surface area contributed by atoms with Crippen LogP contribution in [0.5, 0.6) is 5.75 Å². The summed E-state index contributed by atoms with van der Waals surface area (Å²) in [5, 5.41) is 13.5. The number of rotatable bonds is 10. The second-order valence-corrected chi connectivity index (χ2v) is 9.38. The molecule has 33 heavy (non-hydrogen) atoms. The van der Waals surface area contributed by atoms with Gasteiger partial charge in [-0.15, -0.1) is 21.5 Å². The Morgan fingerprint density at radius 3 is 2.70 bits per heavy atom. The molecule has 174 valence electrons. The van der Waals surface area contributed by atoms with E-state index in [1.165, 1.54) is 11.3 Å². The van der Waals surface area contributed by atoms with Gasteiger partial charge in [-0.3, -0.25) is 18.6 Å². The molecule has 0 aliphatic heterocycles. The summed E-state index contributed by atoms with van der Waals surface area (Å²) in [6.45, 7) is 7.91. The molecule has 0 saturated carbocycles. The van der Waals surface area contributed by atoms with Gasteiger partial charge in [0.25, 0.3) is 5.56 Å². The van der Waals surface area contributed by atoms with E-state index in [0.29, 0.717) is 48.3 Å². The fourth-order valence-corrected chi connectivity index (χ4v) is 4.53. The van der Waals surface area contributed by atoms with E-state index in [9.17, 15) is 9.59 Å². The second-order valence-electron chi connectivity index (χ2n) is 8.47. The van der Waals surface area contributed by atoms with Crippen molar-refractivity contribution >= 4 is 33.2 Å². The zero-order chi connectivity index (χ0) is 23.4. The van der Waals surface area contributed by atoms with Crippen LogP contribution in [0, 0.1) is 5.92 Å². The van der Waals surface area contributed by atoms with E-state index >= 15 is 0 Å². The van der Waals surface area contributed by atoms with Crippen molar-refractivity contribution in [3.8, 4) is 5.75 Å². The van der Waals surface area contributed by atoms with Gasteiger partial charge in [0, 0.05) is 25.9 Å². The van der Waals surface area contributed by atoms with Crippen LogP contribution in [0.2, 0.25) is 0 Å². The zero-order valence-corrected chi connectivity index (χ0v) is 20.0. The second kappa shape index (κ2) is 10.2. The van der Waals surface area contributed by atoms with Gasteiger partial charge in [0.1, 0.15) is 16.3 Å². The molecule has 9 heteroatoms. The zero-order valence-electron chi connectivity index (χ0n) is 19.2. The molecule has 1 aromatic carbocycles. The molecule has 0 aliphatic rings. The van der Waals surface area contributed by atoms with Crippen LogP contribution < -0.4 is 15.6 Å². The van der Waals surface area contributed by atoms with Gasteiger partial charge < -0.3 is 10.1 Å². The van der Waals surface area contributed by atoms with Crippen molar-refractivity contribution < 1.29 is 9.53 Å². The lowest BCUT2D eigenvalue weighted by atomic mass is 10.2. The van der Waals surface area contributed by atoms with E-state index in [0.717, 1.165) is 23.3 Å². The van der Waals surface area contributed by atoms with Gasteiger partial charge in [-0.25, -0.2) is 0 Å². The third-order valence-corrected chi connectivity index (χ3v) is 6.18. The van der Waals surface area contributed by atoms with Crippen molar-refractivity contribution in [1.82, 2.24) is 24.5 Å². The molecule has 0 aliphatic carbocycles. The summed E-state index contributed by atoms with van der Waals surface area (Å²) in [4.78, 5) is 25.4. The number of thiophene rings is 1. The van der Waals surface area contributed by atoms with Crippen molar-refractivity contribution in [3.63, 3.8) is 0 Å². The van der Waals surface area contributed by atoms with Crippen LogP contribution in [-0.4, -0.2) is 31.7 Å². The van der Waals surface area contributed by atoms with Gasteiger partial charge in [-0.1, -0.05) is 32.9 Å². The summed E-state index contributed by atoms with van der Waals surface area (Å²) in [7, 11) is 0. The molecule has 4 aromatic rings. The lowest BCUT2D eigenvalue weighted by Gasteiger charge is -2.11. The average Bonchev–Trinajstić information content (AvgIpc) is 3.45. The number of fused-ring (bicyclic) bond motifs is 3. The Hall–Kier alpha value is -3.20. The van der Waals surface area contributed by atoms with Crippen molar-refractivity contribution in [2.45, 2.75) is 53.1 Å². The molecule has 1 N–H and O–H groups in total. The van der Waals surface area contributed by atoms with E-state index in [4.69, 9.17) is 4.74 Å². The Balaban J connectivity index is 1.44. The number of carbonyl (C=O) groups excluding carboxylic acids is 1. The van der Waals surface area contributed by atoms with Crippen LogP contribution >= 0.6 is 11.3 Å². The van der Waals surface area contributed by atoms with Gasteiger partial charge in [0.2, 0.25) is 11.7 Å². The van der Waals surface area contributed by atoms with Crippen molar-refractivity contribution in [3.05, 3.63) is 57.5 Å². The van der Waals surface area contributed by atoms with Crippen LogP contribution in [0.4, 0.5) is 0 Å². The molecular weight excluding hydrogens is 438 g/mol. The molecule has 0 atom stereocenters. The first kappa shape index (κ1) is 23.0. The van der Waals surface area contributed by atoms with Crippen LogP contribution in [-0.2, 0) is 24.3 Å². The standard InChI is InChI=1S/C24H29N5O3S/c1-4-12-32-18-7-5-17(6-8-18)14-25-21(30)10-9-20-26-27-24-28(15-16(2)3)23(31)22-19(29(20)24)11-13-33-22/h5-8,11,13,16H,4,9-10,12,14-15H2,1-3H3,(H,25,30). The maximum atomic E-state index is 12.9. The smallest absolute Gasteiger partial charge is 0.272 e. The summed E-state index contributed by atoms with van der Waals surface area (Å²) in [5.74, 6) is 2.28. The van der Waals surface area contributed by atoms with E-state index in [1.807, 2.05) is 40.1 Å². The molecule has 3 aromatic heterocycles. The van der Waals surface area contributed by atoms with Crippen molar-refractivity contribution in [2.75, 3.05) is 6.61 Å². The Morgan fingerprint density at radius 2 is 1.97 bits per heavy atom. The van der Waals surface area contributed by atoms with Crippen LogP contribution in [0.15, 0.2) is 40.5 Å². The minimum Gasteiger partial charge on any atom is -0.494 e. The number of nitrogens with one attached hydrogen (secondary N) is 1. The van der Waals surface area contributed by atoms with Crippen LogP contribution in [0.3, 0.4) is 0 Å². The molecule has 8 nitrogen and oxygen atoms in total. The molecule has 0 unspecified atom stereocenters. The molecule has 4 rings (SSSR count). The molecule has 3 heterocycles. The maximum Gasteiger partial charge on any atom is 0.272 e. The highest BCUT2D eigenvalue weighted by Crippen LogP contribution is 2.21. The highest BCUT2D eigenvalue weighted by atomic mass is 32.1. The molecule has 0 bridgehead atoms. The Kier molecular flexibility index (Phi) is 7.08. The lowest BCUT2D eigenvalue weighted by Crippen LogP contribution is -2.25. The predicted molar refractivity (Wildman–Crippen MR) is 130 cm³/mol. The largest absolute Gasteiger partial charge is 0.494 e. The summed E-state index contributed by atoms with van der Waals surface area (Å²) in [5.41, 5.74) is 1.77. The summed E-state index contributed by atoms with van der Waals surface area (Å²) < 4.78 is 9.87. The number of benzene rings is 1. The van der Waals surface area contributed by atoms with Gasteiger partial charge in [0.05, 0.1) is 12.1 Å². The predicted octanol–water partition coefficient (Wildman–Crippen LogP) is 3.80. The number of aromatic nitrogens is 4. The number of carbonyl (C=O) groups is 1. The van der Waals surface area contributed by atoms with E-state index in [-0.39, 0.29) is 17.9 Å². The highest BCUT2D eigenvalue weighted by Gasteiger charge is 2.18. The van der Waals surface area contributed by atoms with E-state index < -0.39 is 0 Å². The molecule has 1 amide bonds. The monoisotopic (exact) mass is 467 g/mol. The third kappa shape index (κ3) is 5.08. The quantitative estimate of drug-likeness (QED) is 0.383. The maximum absolute atomic E-state index is 12.9. The van der Waals surface area contributed by atoms with Crippen molar-refractivity contribution in [2.24, 2.45) is 5.92 Å². The van der Waals surface area contributed by atoms with Crippen molar-refractivity contribution in [1.29, 1.82) is 0 Å². The Bertz CT molecular complexity index is 1300. The summed E-state index contributed by atoms with van der Waals surface area (Å²) in [6.07, 6.45) is 1.68. The molecule has 0 saturated heterocycles. The number of aryl methyl sites for hydroxylation is 1. The topological polar surface area (TPSA) is 90.5 Å². The molecule has 0 spiro atoms. The minimum atomic E-state index is -0.0601. The third-order valence-electron chi connectivity index (χ3n) is 5.29. The van der Waals surface area contributed by atoms with Gasteiger partial charge in [-0.2, -0.15) is 0 Å². The Labute approximate surface area is 196 Å². The number of amides is 1. The number of hydrogen-bond acceptors (Lipinski definition) is 6. The van der Waals surface area contributed by atoms with Gasteiger partial charge in [-0.05, 0) is 41.5 Å². The van der Waals surface area contributed by atoms with Gasteiger partial charge in [0.15, 0.2) is 0 Å². The number of hydrogen-bond donors (Lipinski definition) is 1. The minimum absolute atomic E-state index is 0.0380. The molecular formula is C24H29N5O3S. The fraction of sp³-hybridized carbons (Fsp3) is 0.417. The molecule has 0 radical (unpaired) electrons. The highest BCUT2D eigenvalue weighted by molar-refractivity contribution is 7.17. The van der Waals surface area contributed by atoms with E-state index in [1.54, 1.807) is 4.57 Å². The first-order valence-corrected chi connectivity index (χ1v) is 12.2. The average molecular weight is 468 g/mol. The SMILES string of the molecule is CCCOc1ccc(CNC(=O)CCc2nnc3n(CC(C)C)c(=O)c4sccc4n23)cc1. The Morgan fingerprint density at radius 1 is 1.18 bits per heavy atom. The summed E-state index contributed by atoms with van der Waals surface area (Å²) in [6, 6.07) is 9.66. The molecule has 0 fully saturated rings. The number of nitrogens with zero attached hydrogens (tertiary/aromatic N) is 4. The first-order chi connectivity index (χ1) is 16.0. The lowest BCUT2D eigenvalue weighted by molar-refractivity contribution is -0.121. The normalized spacial score (nSPS) is 11.5. The van der Waals surface area contributed by atoms with Crippen LogP contribution in [0.1, 0.15) is 45.0 Å². The van der Waals surface area contributed by atoms with Gasteiger partial charge >= 0.3 is 0 Å². The summed E-state index contributed by atoms with van der Waals surface area (Å²) >= 11 is 1.42. The van der Waals surface area contributed by atoms with E-state index in [2.05, 4.69) is 36.3 Å².